The van der Waals surface area contributed by atoms with Crippen molar-refractivity contribution in [3.63, 3.8) is 0 Å². The molecule has 5 heteroatoms. The fourth-order valence-electron chi connectivity index (χ4n) is 4.33. The van der Waals surface area contributed by atoms with E-state index in [0.29, 0.717) is 12.5 Å². The van der Waals surface area contributed by atoms with E-state index >= 15 is 0 Å². The molecule has 3 aromatic carbocycles. The monoisotopic (exact) mass is 422 g/mol. The summed E-state index contributed by atoms with van der Waals surface area (Å²) in [6.45, 7) is 3.29. The maximum absolute atomic E-state index is 12.3. The van der Waals surface area contributed by atoms with Crippen LogP contribution >= 0.6 is 0 Å². The van der Waals surface area contributed by atoms with E-state index in [-0.39, 0.29) is 5.91 Å². The number of anilines is 2. The van der Waals surface area contributed by atoms with Crippen molar-refractivity contribution >= 4 is 28.4 Å². The van der Waals surface area contributed by atoms with Crippen LogP contribution in [0.1, 0.15) is 25.3 Å². The lowest BCUT2D eigenvalue weighted by molar-refractivity contribution is -0.115. The van der Waals surface area contributed by atoms with Crippen LogP contribution in [0.15, 0.2) is 79.0 Å². The lowest BCUT2D eigenvalue weighted by Crippen LogP contribution is -2.27. The highest BCUT2D eigenvalue weighted by Gasteiger charge is 2.22. The number of nitrogens with one attached hydrogen (secondary N) is 1. The SMILES string of the molecule is C[C@@H]1CCCN1c1cnc2ccc(-c3ccc(NC(=O)Cc4ccccc4)cc3)cc2n1. The summed E-state index contributed by atoms with van der Waals surface area (Å²) in [5.74, 6) is 0.935. The second-order valence-corrected chi connectivity index (χ2v) is 8.40. The molecule has 2 heterocycles. The summed E-state index contributed by atoms with van der Waals surface area (Å²) < 4.78 is 0. The quantitative estimate of drug-likeness (QED) is 0.464. The van der Waals surface area contributed by atoms with E-state index in [1.165, 1.54) is 12.8 Å². The van der Waals surface area contributed by atoms with Crippen molar-refractivity contribution in [1.82, 2.24) is 9.97 Å². The van der Waals surface area contributed by atoms with Gasteiger partial charge in [-0.25, -0.2) is 4.98 Å². The highest BCUT2D eigenvalue weighted by molar-refractivity contribution is 5.92. The van der Waals surface area contributed by atoms with Gasteiger partial charge in [0.1, 0.15) is 5.82 Å². The van der Waals surface area contributed by atoms with Gasteiger partial charge in [-0.1, -0.05) is 48.5 Å². The van der Waals surface area contributed by atoms with Crippen molar-refractivity contribution in [3.05, 3.63) is 84.6 Å². The summed E-state index contributed by atoms with van der Waals surface area (Å²) in [7, 11) is 0. The Morgan fingerprint density at radius 3 is 2.53 bits per heavy atom. The molecule has 5 rings (SSSR count). The van der Waals surface area contributed by atoms with Gasteiger partial charge in [-0.3, -0.25) is 9.78 Å². The maximum atomic E-state index is 12.3. The Morgan fingerprint density at radius 1 is 1.00 bits per heavy atom. The van der Waals surface area contributed by atoms with Crippen molar-refractivity contribution in [1.29, 1.82) is 0 Å². The molecular formula is C27H26N4O. The molecule has 0 spiro atoms. The molecule has 1 aromatic heterocycles. The lowest BCUT2D eigenvalue weighted by Gasteiger charge is -2.22. The Kier molecular flexibility index (Phi) is 5.55. The first kappa shape index (κ1) is 20.2. The molecule has 1 N–H and O–H groups in total. The van der Waals surface area contributed by atoms with Crippen LogP contribution in [0.25, 0.3) is 22.2 Å². The number of aromatic nitrogens is 2. The van der Waals surface area contributed by atoms with Crippen molar-refractivity contribution < 1.29 is 4.79 Å². The zero-order valence-electron chi connectivity index (χ0n) is 18.2. The van der Waals surface area contributed by atoms with Gasteiger partial charge in [-0.2, -0.15) is 0 Å². The van der Waals surface area contributed by atoms with Crippen LogP contribution < -0.4 is 10.2 Å². The van der Waals surface area contributed by atoms with E-state index in [1.807, 2.05) is 66.9 Å². The molecule has 1 aliphatic heterocycles. The van der Waals surface area contributed by atoms with E-state index in [2.05, 4.69) is 34.3 Å². The molecule has 1 fully saturated rings. The Labute approximate surface area is 188 Å². The van der Waals surface area contributed by atoms with Crippen LogP contribution in [0.3, 0.4) is 0 Å². The predicted molar refractivity (Wildman–Crippen MR) is 130 cm³/mol. The normalized spacial score (nSPS) is 15.8. The van der Waals surface area contributed by atoms with Crippen molar-refractivity contribution in [3.8, 4) is 11.1 Å². The Balaban J connectivity index is 1.32. The van der Waals surface area contributed by atoms with Gasteiger partial charge in [0, 0.05) is 18.3 Å². The first-order chi connectivity index (χ1) is 15.7. The van der Waals surface area contributed by atoms with E-state index in [0.717, 1.165) is 45.8 Å². The zero-order chi connectivity index (χ0) is 21.9. The van der Waals surface area contributed by atoms with E-state index < -0.39 is 0 Å². The highest BCUT2D eigenvalue weighted by Crippen LogP contribution is 2.28. The number of hydrogen-bond acceptors (Lipinski definition) is 4. The highest BCUT2D eigenvalue weighted by atomic mass is 16.1. The third-order valence-electron chi connectivity index (χ3n) is 6.09. The minimum absolute atomic E-state index is 0.0198. The smallest absolute Gasteiger partial charge is 0.228 e. The number of carbonyl (C=O) groups excluding carboxylic acids is 1. The summed E-state index contributed by atoms with van der Waals surface area (Å²) in [5.41, 5.74) is 5.76. The van der Waals surface area contributed by atoms with Gasteiger partial charge in [0.2, 0.25) is 5.91 Å². The third-order valence-corrected chi connectivity index (χ3v) is 6.09. The second kappa shape index (κ2) is 8.79. The summed E-state index contributed by atoms with van der Waals surface area (Å²) in [4.78, 5) is 24.2. The van der Waals surface area contributed by atoms with E-state index in [4.69, 9.17) is 4.98 Å². The molecule has 32 heavy (non-hydrogen) atoms. The summed E-state index contributed by atoms with van der Waals surface area (Å²) in [5, 5.41) is 2.97. The van der Waals surface area contributed by atoms with Gasteiger partial charge in [-0.15, -0.1) is 0 Å². The first-order valence-corrected chi connectivity index (χ1v) is 11.1. The predicted octanol–water partition coefficient (Wildman–Crippen LogP) is 5.47. The van der Waals surface area contributed by atoms with Gasteiger partial charge in [0.15, 0.2) is 0 Å². The van der Waals surface area contributed by atoms with Gasteiger partial charge in [0.25, 0.3) is 0 Å². The van der Waals surface area contributed by atoms with Gasteiger partial charge in [0.05, 0.1) is 23.7 Å². The Bertz CT molecular complexity index is 1240. The zero-order valence-corrected chi connectivity index (χ0v) is 18.2. The average molecular weight is 423 g/mol. The fourth-order valence-corrected chi connectivity index (χ4v) is 4.33. The molecular weight excluding hydrogens is 396 g/mol. The number of nitrogens with zero attached hydrogens (tertiary/aromatic N) is 3. The van der Waals surface area contributed by atoms with Crippen molar-refractivity contribution in [2.24, 2.45) is 0 Å². The number of carbonyl (C=O) groups is 1. The second-order valence-electron chi connectivity index (χ2n) is 8.40. The molecule has 1 amide bonds. The van der Waals surface area contributed by atoms with Crippen LogP contribution in [0.4, 0.5) is 11.5 Å². The largest absolute Gasteiger partial charge is 0.353 e. The van der Waals surface area contributed by atoms with Gasteiger partial charge < -0.3 is 10.2 Å². The molecule has 1 aliphatic rings. The fraction of sp³-hybridized carbons (Fsp3) is 0.222. The van der Waals surface area contributed by atoms with Crippen LogP contribution in [0, 0.1) is 0 Å². The number of benzene rings is 3. The van der Waals surface area contributed by atoms with Crippen molar-refractivity contribution in [2.75, 3.05) is 16.8 Å². The molecule has 5 nitrogen and oxygen atoms in total. The van der Waals surface area contributed by atoms with E-state index in [9.17, 15) is 4.79 Å². The number of hydrogen-bond donors (Lipinski definition) is 1. The van der Waals surface area contributed by atoms with E-state index in [1.54, 1.807) is 0 Å². The first-order valence-electron chi connectivity index (χ1n) is 11.1. The third kappa shape index (κ3) is 4.33. The number of fused-ring (bicyclic) bond motifs is 1. The minimum atomic E-state index is -0.0198. The topological polar surface area (TPSA) is 58.1 Å². The molecule has 1 atom stereocenters. The molecule has 0 bridgehead atoms. The summed E-state index contributed by atoms with van der Waals surface area (Å²) >= 11 is 0. The van der Waals surface area contributed by atoms with Crippen molar-refractivity contribution in [2.45, 2.75) is 32.2 Å². The standard InChI is InChI=1S/C27H26N4O/c1-19-6-5-15-31(19)26-18-28-24-14-11-22(17-25(24)30-26)21-9-12-23(13-10-21)29-27(32)16-20-7-3-2-4-8-20/h2-4,7-14,17-19H,5-6,15-16H2,1H3,(H,29,32)/t19-/m1/s1. The molecule has 0 aliphatic carbocycles. The van der Waals surface area contributed by atoms with Crippen LogP contribution in [0.2, 0.25) is 0 Å². The lowest BCUT2D eigenvalue weighted by atomic mass is 10.0. The molecule has 0 unspecified atom stereocenters. The Morgan fingerprint density at radius 2 is 1.78 bits per heavy atom. The number of rotatable bonds is 5. The Hall–Kier alpha value is -3.73. The summed E-state index contributed by atoms with van der Waals surface area (Å²) in [6.07, 6.45) is 4.66. The van der Waals surface area contributed by atoms with Crippen LogP contribution in [-0.2, 0) is 11.2 Å². The number of amides is 1. The maximum Gasteiger partial charge on any atom is 0.228 e. The molecule has 4 aromatic rings. The van der Waals surface area contributed by atoms with Crippen LogP contribution in [0.5, 0.6) is 0 Å². The van der Waals surface area contributed by atoms with Gasteiger partial charge in [-0.05, 0) is 60.7 Å². The molecule has 1 saturated heterocycles. The van der Waals surface area contributed by atoms with Gasteiger partial charge >= 0.3 is 0 Å². The minimum Gasteiger partial charge on any atom is -0.353 e. The molecule has 0 saturated carbocycles. The van der Waals surface area contributed by atoms with Crippen LogP contribution in [-0.4, -0.2) is 28.5 Å². The molecule has 160 valence electrons. The average Bonchev–Trinajstić information content (AvgIpc) is 3.25. The summed E-state index contributed by atoms with van der Waals surface area (Å²) in [6, 6.07) is 24.4. The molecule has 0 radical (unpaired) electrons.